The van der Waals surface area contributed by atoms with Gasteiger partial charge in [-0.3, -0.25) is 19.3 Å². The molecule has 5 aliphatic carbocycles. The lowest BCUT2D eigenvalue weighted by Gasteiger charge is -2.72. The summed E-state index contributed by atoms with van der Waals surface area (Å²) >= 11 is 6.21. The first kappa shape index (κ1) is 45.2. The number of aliphatic carboxylic acids is 1. The number of rotatable bonds is 13. The standard InChI is InChI=1S/C48H72ClFN2O6/c1-29(2)39-33(53)25-48(36(54)28-52(24-23-51(10)11)27-30-13-12-14-32(49)41(30)50)22-21-46(8)31(40(39)48)15-16-35-45(7)19-18-37(58-38(55)26-43(3,4)42(56)57)44(5,6)34(45)17-20-47(35,46)9/h12-14,29,31,34-37,54H,15-28H2,1-11H3,(H,56,57)/t31-,34?,35-,36-,37+,45+,46-,47-,48?/m1/s1. The van der Waals surface area contributed by atoms with Crippen LogP contribution in [-0.2, 0) is 25.7 Å². The molecular weight excluding hydrogens is 755 g/mol. The van der Waals surface area contributed by atoms with Gasteiger partial charge in [-0.25, -0.2) is 4.39 Å². The van der Waals surface area contributed by atoms with Crippen LogP contribution in [-0.4, -0.2) is 83.7 Å². The highest BCUT2D eigenvalue weighted by Crippen LogP contribution is 2.77. The molecule has 9 atom stereocenters. The average molecular weight is 828 g/mol. The highest BCUT2D eigenvalue weighted by atomic mass is 35.5. The molecule has 4 saturated carbocycles. The van der Waals surface area contributed by atoms with Crippen LogP contribution in [0.1, 0.15) is 132 Å². The van der Waals surface area contributed by atoms with E-state index in [9.17, 15) is 24.6 Å². The summed E-state index contributed by atoms with van der Waals surface area (Å²) in [5.74, 6) is -0.702. The zero-order valence-electron chi connectivity index (χ0n) is 37.3. The zero-order chi connectivity index (χ0) is 43.0. The number of aliphatic hydroxyl groups excluding tert-OH is 1. The lowest BCUT2D eigenvalue weighted by Crippen LogP contribution is -2.66. The van der Waals surface area contributed by atoms with E-state index in [1.54, 1.807) is 32.0 Å². The monoisotopic (exact) mass is 827 g/mol. The van der Waals surface area contributed by atoms with Crippen molar-refractivity contribution in [2.75, 3.05) is 33.7 Å². The van der Waals surface area contributed by atoms with Crippen LogP contribution in [0, 0.1) is 62.0 Å². The van der Waals surface area contributed by atoms with Crippen molar-refractivity contribution in [2.45, 2.75) is 145 Å². The van der Waals surface area contributed by atoms with Gasteiger partial charge in [0.05, 0.1) is 23.0 Å². The Bertz CT molecular complexity index is 1810. The molecule has 0 saturated heterocycles. The van der Waals surface area contributed by atoms with Crippen LogP contribution in [0.15, 0.2) is 29.3 Å². The number of ketones is 1. The molecule has 5 aliphatic rings. The lowest BCUT2D eigenvalue weighted by atomic mass is 9.33. The first-order valence-electron chi connectivity index (χ1n) is 22.0. The minimum Gasteiger partial charge on any atom is -0.481 e. The van der Waals surface area contributed by atoms with Gasteiger partial charge in [0.25, 0.3) is 0 Å². The summed E-state index contributed by atoms with van der Waals surface area (Å²) in [5.41, 5.74) is 0.465. The summed E-state index contributed by atoms with van der Waals surface area (Å²) in [6.45, 7) is 21.5. The minimum absolute atomic E-state index is 0.00797. The Kier molecular flexibility index (Phi) is 12.4. The molecule has 2 N–H and O–H groups in total. The van der Waals surface area contributed by atoms with Crippen LogP contribution < -0.4 is 0 Å². The van der Waals surface area contributed by atoms with Gasteiger partial charge >= 0.3 is 11.9 Å². The number of allylic oxidation sites excluding steroid dienone is 1. The predicted octanol–water partition coefficient (Wildman–Crippen LogP) is 9.60. The SMILES string of the molecule is CC(C)C1=C2[C@H]3CC[C@@H]4[C@@]5(C)CC[C@H](OC(=O)CC(C)(C)C(=O)O)C(C)(C)C5CC[C@@]4(C)[C@]3(C)CCC2([C@H](O)CN(CCN(C)C)Cc2cccc(Cl)c2F)CC1=O. The Morgan fingerprint density at radius 2 is 1.66 bits per heavy atom. The van der Waals surface area contributed by atoms with Crippen molar-refractivity contribution in [2.24, 2.45) is 56.2 Å². The number of Topliss-reactive ketones (excluding diaryl/α,β-unsaturated/α-hetero) is 1. The molecule has 0 bridgehead atoms. The summed E-state index contributed by atoms with van der Waals surface area (Å²) < 4.78 is 21.4. The van der Waals surface area contributed by atoms with Gasteiger partial charge in [-0.1, -0.05) is 77.8 Å². The van der Waals surface area contributed by atoms with E-state index in [1.165, 1.54) is 5.57 Å². The maximum atomic E-state index is 15.3. The zero-order valence-corrected chi connectivity index (χ0v) is 38.0. The van der Waals surface area contributed by atoms with Crippen LogP contribution in [0.3, 0.4) is 0 Å². The van der Waals surface area contributed by atoms with Gasteiger partial charge in [0.1, 0.15) is 11.9 Å². The fourth-order valence-electron chi connectivity index (χ4n) is 13.8. The van der Waals surface area contributed by atoms with Crippen LogP contribution in [0.2, 0.25) is 5.02 Å². The number of hydrogen-bond donors (Lipinski definition) is 2. The van der Waals surface area contributed by atoms with E-state index in [0.717, 1.165) is 63.5 Å². The molecule has 6 rings (SSSR count). The number of carbonyl (C=O) groups excluding carboxylic acids is 2. The van der Waals surface area contributed by atoms with E-state index in [4.69, 9.17) is 16.3 Å². The number of aliphatic hydroxyl groups is 1. The Hall–Kier alpha value is -2.33. The van der Waals surface area contributed by atoms with Crippen molar-refractivity contribution in [1.29, 1.82) is 0 Å². The number of nitrogens with zero attached hydrogens (tertiary/aromatic N) is 2. The number of benzene rings is 1. The van der Waals surface area contributed by atoms with Crippen molar-refractivity contribution in [3.8, 4) is 0 Å². The third-order valence-electron chi connectivity index (χ3n) is 17.2. The molecule has 1 aromatic carbocycles. The van der Waals surface area contributed by atoms with Crippen LogP contribution in [0.4, 0.5) is 4.39 Å². The van der Waals surface area contributed by atoms with Crippen LogP contribution in [0.25, 0.3) is 0 Å². The number of esters is 1. The molecule has 0 heterocycles. The Balaban J connectivity index is 1.29. The second-order valence-corrected chi connectivity index (χ2v) is 22.2. The number of carbonyl (C=O) groups is 3. The Morgan fingerprint density at radius 3 is 2.29 bits per heavy atom. The normalized spacial score (nSPS) is 35.1. The van der Waals surface area contributed by atoms with Crippen molar-refractivity contribution < 1.29 is 33.7 Å². The second-order valence-electron chi connectivity index (χ2n) is 21.8. The number of fused-ring (bicyclic) bond motifs is 7. The molecule has 0 spiro atoms. The van der Waals surface area contributed by atoms with Gasteiger partial charge in [-0.15, -0.1) is 0 Å². The molecule has 58 heavy (non-hydrogen) atoms. The highest BCUT2D eigenvalue weighted by molar-refractivity contribution is 6.30. The molecule has 2 unspecified atom stereocenters. The first-order valence-corrected chi connectivity index (χ1v) is 22.4. The quantitative estimate of drug-likeness (QED) is 0.190. The minimum atomic E-state index is -1.19. The van der Waals surface area contributed by atoms with Crippen molar-refractivity contribution in [3.05, 3.63) is 45.7 Å². The fourth-order valence-corrected chi connectivity index (χ4v) is 14.0. The number of hydrogen-bond acceptors (Lipinski definition) is 7. The number of carboxylic acids is 1. The van der Waals surface area contributed by atoms with Gasteiger partial charge < -0.3 is 19.8 Å². The van der Waals surface area contributed by atoms with E-state index >= 15 is 4.39 Å². The summed E-state index contributed by atoms with van der Waals surface area (Å²) in [6, 6.07) is 5.09. The average Bonchev–Trinajstić information content (AvgIpc) is 3.43. The molecule has 0 amide bonds. The Labute approximate surface area is 352 Å². The molecule has 1 aromatic rings. The molecule has 10 heteroatoms. The number of likely N-dealkylation sites (N-methyl/N-ethyl adjacent to an activating group) is 1. The van der Waals surface area contributed by atoms with Gasteiger partial charge in [0.15, 0.2) is 5.78 Å². The van der Waals surface area contributed by atoms with E-state index in [-0.39, 0.29) is 56.8 Å². The van der Waals surface area contributed by atoms with Gasteiger partial charge in [0, 0.05) is 49.0 Å². The molecule has 4 fully saturated rings. The topological polar surface area (TPSA) is 107 Å². The summed E-state index contributed by atoms with van der Waals surface area (Å²) in [4.78, 5) is 43.5. The second kappa shape index (κ2) is 15.9. The predicted molar refractivity (Wildman–Crippen MR) is 227 cm³/mol. The molecule has 0 aliphatic heterocycles. The molecule has 8 nitrogen and oxygen atoms in total. The maximum absolute atomic E-state index is 15.3. The van der Waals surface area contributed by atoms with Crippen molar-refractivity contribution in [3.63, 3.8) is 0 Å². The largest absolute Gasteiger partial charge is 0.481 e. The third kappa shape index (κ3) is 7.42. The van der Waals surface area contributed by atoms with Crippen LogP contribution >= 0.6 is 11.6 Å². The highest BCUT2D eigenvalue weighted by Gasteiger charge is 2.71. The van der Waals surface area contributed by atoms with Gasteiger partial charge in [-0.05, 0) is 131 Å². The fraction of sp³-hybridized carbons (Fsp3) is 0.771. The van der Waals surface area contributed by atoms with Gasteiger partial charge in [0.2, 0.25) is 0 Å². The Morgan fingerprint density at radius 1 is 0.966 bits per heavy atom. The molecular formula is C48H72ClFN2O6. The maximum Gasteiger partial charge on any atom is 0.309 e. The lowest BCUT2D eigenvalue weighted by molar-refractivity contribution is -0.235. The summed E-state index contributed by atoms with van der Waals surface area (Å²) in [5, 5.41) is 22.4. The number of ether oxygens (including phenoxy) is 1. The number of carboxylic acid groups (broad SMARTS) is 1. The first-order chi connectivity index (χ1) is 26.9. The molecule has 324 valence electrons. The summed E-state index contributed by atoms with van der Waals surface area (Å²) in [7, 11) is 4.02. The van der Waals surface area contributed by atoms with Gasteiger partial charge in [-0.2, -0.15) is 0 Å². The molecule has 0 radical (unpaired) electrons. The van der Waals surface area contributed by atoms with Crippen LogP contribution in [0.5, 0.6) is 0 Å². The van der Waals surface area contributed by atoms with Crippen molar-refractivity contribution in [1.82, 2.24) is 9.80 Å². The smallest absolute Gasteiger partial charge is 0.309 e. The van der Waals surface area contributed by atoms with E-state index in [1.807, 2.05) is 14.1 Å². The van der Waals surface area contributed by atoms with E-state index in [0.29, 0.717) is 43.5 Å². The summed E-state index contributed by atoms with van der Waals surface area (Å²) in [6.07, 6.45) is 6.52. The van der Waals surface area contributed by atoms with Crippen molar-refractivity contribution >= 4 is 29.3 Å². The number of halogens is 2. The van der Waals surface area contributed by atoms with E-state index in [2.05, 4.69) is 58.3 Å². The molecule has 0 aromatic heterocycles. The third-order valence-corrected chi connectivity index (χ3v) is 17.5. The van der Waals surface area contributed by atoms with E-state index < -0.39 is 34.7 Å².